The number of ether oxygens (including phenoxy) is 1. The maximum atomic E-state index is 10.8. The number of carbonyl (C=O) groups is 1. The summed E-state index contributed by atoms with van der Waals surface area (Å²) in [6, 6.07) is 5.32. The van der Waals surface area contributed by atoms with Gasteiger partial charge in [-0.05, 0) is 23.8 Å². The third-order valence-electron chi connectivity index (χ3n) is 1.88. The Labute approximate surface area is 105 Å². The predicted molar refractivity (Wildman–Crippen MR) is 64.5 cm³/mol. The molecule has 2 nitrogen and oxygen atoms in total. The molecule has 1 aromatic rings. The quantitative estimate of drug-likeness (QED) is 0.462. The Bertz CT molecular complexity index is 444. The molecule has 0 heterocycles. The summed E-state index contributed by atoms with van der Waals surface area (Å²) in [5, 5.41) is 0.619. The topological polar surface area (TPSA) is 26.3 Å². The van der Waals surface area contributed by atoms with Crippen LogP contribution in [0.1, 0.15) is 17.5 Å². The molecule has 16 heavy (non-hydrogen) atoms. The maximum Gasteiger partial charge on any atom is 0.317 e. The normalized spacial score (nSPS) is 9.19. The van der Waals surface area contributed by atoms with E-state index in [1.807, 2.05) is 0 Å². The van der Waals surface area contributed by atoms with E-state index in [0.717, 1.165) is 11.1 Å². The first-order valence-electron chi connectivity index (χ1n) is 4.57. The largest absolute Gasteiger partial charge is 0.468 e. The summed E-state index contributed by atoms with van der Waals surface area (Å²) in [4.78, 5) is 10.8. The molecule has 0 bridgehead atoms. The zero-order chi connectivity index (χ0) is 12.0. The van der Waals surface area contributed by atoms with Crippen LogP contribution >= 0.6 is 23.2 Å². The standard InChI is InChI=1S/C12H10Cl2O2/c1-16-12(15)4-2-3-9-5-6-11(14)10(7-9)8-13/h5-7H,4,8H2,1H3. The highest BCUT2D eigenvalue weighted by molar-refractivity contribution is 6.32. The number of halogens is 2. The molecule has 0 atom stereocenters. The van der Waals surface area contributed by atoms with Gasteiger partial charge >= 0.3 is 5.97 Å². The number of methoxy groups -OCH3 is 1. The number of hydrogen-bond acceptors (Lipinski definition) is 2. The highest BCUT2D eigenvalue weighted by Crippen LogP contribution is 2.18. The summed E-state index contributed by atoms with van der Waals surface area (Å²) in [7, 11) is 1.33. The van der Waals surface area contributed by atoms with Gasteiger partial charge in [-0.1, -0.05) is 23.4 Å². The molecule has 1 aromatic carbocycles. The molecule has 0 radical (unpaired) electrons. The van der Waals surface area contributed by atoms with Crippen molar-refractivity contribution in [3.63, 3.8) is 0 Å². The fourth-order valence-electron chi connectivity index (χ4n) is 1.05. The first-order chi connectivity index (χ1) is 7.67. The molecule has 0 fully saturated rings. The lowest BCUT2D eigenvalue weighted by Gasteiger charge is -1.99. The van der Waals surface area contributed by atoms with E-state index in [0.29, 0.717) is 10.9 Å². The Morgan fingerprint density at radius 1 is 1.50 bits per heavy atom. The molecule has 0 amide bonds. The van der Waals surface area contributed by atoms with Gasteiger partial charge in [-0.3, -0.25) is 4.79 Å². The number of carbonyl (C=O) groups excluding carboxylic acids is 1. The van der Waals surface area contributed by atoms with Crippen LogP contribution in [0, 0.1) is 11.8 Å². The number of benzene rings is 1. The zero-order valence-corrected chi connectivity index (χ0v) is 10.2. The first-order valence-corrected chi connectivity index (χ1v) is 5.48. The van der Waals surface area contributed by atoms with Crippen molar-refractivity contribution in [3.05, 3.63) is 34.3 Å². The molecule has 0 aliphatic carbocycles. The van der Waals surface area contributed by atoms with Crippen molar-refractivity contribution in [2.24, 2.45) is 0 Å². The van der Waals surface area contributed by atoms with Gasteiger partial charge in [0, 0.05) is 16.5 Å². The fourth-order valence-corrected chi connectivity index (χ4v) is 1.52. The van der Waals surface area contributed by atoms with Crippen molar-refractivity contribution in [2.75, 3.05) is 7.11 Å². The lowest BCUT2D eigenvalue weighted by atomic mass is 10.1. The number of rotatable bonds is 2. The zero-order valence-electron chi connectivity index (χ0n) is 8.72. The summed E-state index contributed by atoms with van der Waals surface area (Å²) >= 11 is 11.6. The smallest absolute Gasteiger partial charge is 0.317 e. The molecule has 0 unspecified atom stereocenters. The van der Waals surface area contributed by atoms with Crippen LogP contribution in [0.3, 0.4) is 0 Å². The molecule has 0 saturated heterocycles. The highest BCUT2D eigenvalue weighted by Gasteiger charge is 1.99. The number of hydrogen-bond donors (Lipinski definition) is 0. The van der Waals surface area contributed by atoms with Gasteiger partial charge < -0.3 is 4.74 Å². The lowest BCUT2D eigenvalue weighted by Crippen LogP contribution is -1.97. The second kappa shape index (κ2) is 6.42. The van der Waals surface area contributed by atoms with Crippen molar-refractivity contribution in [1.29, 1.82) is 0 Å². The molecule has 0 aliphatic rings. The third kappa shape index (κ3) is 3.77. The van der Waals surface area contributed by atoms with Gasteiger partial charge in [-0.25, -0.2) is 0 Å². The van der Waals surface area contributed by atoms with E-state index in [2.05, 4.69) is 16.6 Å². The van der Waals surface area contributed by atoms with Crippen molar-refractivity contribution in [1.82, 2.24) is 0 Å². The van der Waals surface area contributed by atoms with E-state index in [-0.39, 0.29) is 12.4 Å². The van der Waals surface area contributed by atoms with Gasteiger partial charge in [0.1, 0.15) is 6.42 Å². The molecule has 0 aromatic heterocycles. The van der Waals surface area contributed by atoms with Gasteiger partial charge in [0.15, 0.2) is 0 Å². The second-order valence-electron chi connectivity index (χ2n) is 2.99. The Morgan fingerprint density at radius 2 is 2.25 bits per heavy atom. The fraction of sp³-hybridized carbons (Fsp3) is 0.250. The van der Waals surface area contributed by atoms with Crippen LogP contribution in [0.4, 0.5) is 0 Å². The minimum atomic E-state index is -0.348. The Kier molecular flexibility index (Phi) is 5.18. The molecule has 0 spiro atoms. The first kappa shape index (κ1) is 12.9. The van der Waals surface area contributed by atoms with Crippen LogP contribution in [0.5, 0.6) is 0 Å². The summed E-state index contributed by atoms with van der Waals surface area (Å²) in [5.74, 6) is 5.55. The molecular formula is C12H10Cl2O2. The van der Waals surface area contributed by atoms with Crippen LogP contribution in [0.2, 0.25) is 5.02 Å². The third-order valence-corrected chi connectivity index (χ3v) is 2.54. The van der Waals surface area contributed by atoms with E-state index in [4.69, 9.17) is 23.2 Å². The molecule has 4 heteroatoms. The lowest BCUT2D eigenvalue weighted by molar-refractivity contribution is -0.139. The second-order valence-corrected chi connectivity index (χ2v) is 3.67. The van der Waals surface area contributed by atoms with Gasteiger partial charge in [0.05, 0.1) is 7.11 Å². The summed E-state index contributed by atoms with van der Waals surface area (Å²) in [6.07, 6.45) is 0.0787. The molecular weight excluding hydrogens is 247 g/mol. The van der Waals surface area contributed by atoms with Crippen molar-refractivity contribution in [2.45, 2.75) is 12.3 Å². The SMILES string of the molecule is COC(=O)CC#Cc1ccc(Cl)c(CCl)c1. The number of esters is 1. The minimum absolute atomic E-state index is 0.0787. The summed E-state index contributed by atoms with van der Waals surface area (Å²) in [6.45, 7) is 0. The van der Waals surface area contributed by atoms with Crippen molar-refractivity contribution < 1.29 is 9.53 Å². The van der Waals surface area contributed by atoms with E-state index < -0.39 is 0 Å². The minimum Gasteiger partial charge on any atom is -0.468 e. The molecule has 1 rings (SSSR count). The van der Waals surface area contributed by atoms with E-state index in [1.54, 1.807) is 18.2 Å². The van der Waals surface area contributed by atoms with Crippen molar-refractivity contribution >= 4 is 29.2 Å². The molecule has 0 N–H and O–H groups in total. The molecule has 0 aliphatic heterocycles. The Hall–Kier alpha value is -1.17. The van der Waals surface area contributed by atoms with E-state index in [1.165, 1.54) is 7.11 Å². The van der Waals surface area contributed by atoms with Crippen molar-refractivity contribution in [3.8, 4) is 11.8 Å². The van der Waals surface area contributed by atoms with Crippen LogP contribution in [-0.2, 0) is 15.4 Å². The Balaban J connectivity index is 2.78. The van der Waals surface area contributed by atoms with E-state index >= 15 is 0 Å². The van der Waals surface area contributed by atoms with Crippen LogP contribution in [0.15, 0.2) is 18.2 Å². The molecule has 84 valence electrons. The number of alkyl halides is 1. The van der Waals surface area contributed by atoms with Crippen LogP contribution in [-0.4, -0.2) is 13.1 Å². The predicted octanol–water partition coefficient (Wildman–Crippen LogP) is 2.99. The van der Waals surface area contributed by atoms with Gasteiger partial charge in [0.2, 0.25) is 0 Å². The van der Waals surface area contributed by atoms with Gasteiger partial charge in [-0.2, -0.15) is 0 Å². The van der Waals surface area contributed by atoms with E-state index in [9.17, 15) is 4.79 Å². The van der Waals surface area contributed by atoms with Gasteiger partial charge in [0.25, 0.3) is 0 Å². The maximum absolute atomic E-state index is 10.8. The highest BCUT2D eigenvalue weighted by atomic mass is 35.5. The molecule has 0 saturated carbocycles. The van der Waals surface area contributed by atoms with Gasteiger partial charge in [-0.15, -0.1) is 11.6 Å². The van der Waals surface area contributed by atoms with Crippen LogP contribution in [0.25, 0.3) is 0 Å². The summed E-state index contributed by atoms with van der Waals surface area (Å²) < 4.78 is 4.47. The van der Waals surface area contributed by atoms with Crippen LogP contribution < -0.4 is 0 Å². The summed E-state index contributed by atoms with van der Waals surface area (Å²) in [5.41, 5.74) is 1.61. The Morgan fingerprint density at radius 3 is 2.88 bits per heavy atom. The average molecular weight is 257 g/mol. The average Bonchev–Trinajstić information content (AvgIpc) is 2.31. The monoisotopic (exact) mass is 256 g/mol.